The number of fused-ring (bicyclic) bond motifs is 1. The van der Waals surface area contributed by atoms with Gasteiger partial charge < -0.3 is 24.3 Å². The molecule has 1 fully saturated rings. The third-order valence-corrected chi connectivity index (χ3v) is 9.40. The first-order valence-electron chi connectivity index (χ1n) is 12.7. The lowest BCUT2D eigenvalue weighted by Crippen LogP contribution is -2.74. The van der Waals surface area contributed by atoms with Crippen molar-refractivity contribution in [1.29, 1.82) is 0 Å². The zero-order valence-electron chi connectivity index (χ0n) is 22.2. The number of esters is 1. The highest BCUT2D eigenvalue weighted by atomic mass is 16.5. The summed E-state index contributed by atoms with van der Waals surface area (Å²) in [6, 6.07) is 1.95. The summed E-state index contributed by atoms with van der Waals surface area (Å²) in [5.41, 5.74) is 0.0773. The Balaban J connectivity index is 1.76. The highest BCUT2D eigenvalue weighted by Crippen LogP contribution is 2.64. The molecule has 3 aliphatic carbocycles. The van der Waals surface area contributed by atoms with Gasteiger partial charge in [0.05, 0.1) is 38.3 Å². The maximum Gasteiger partial charge on any atom is 0.315 e. The van der Waals surface area contributed by atoms with Gasteiger partial charge in [-0.25, -0.2) is 0 Å². The van der Waals surface area contributed by atoms with Gasteiger partial charge in [-0.15, -0.1) is 0 Å². The predicted molar refractivity (Wildman–Crippen MR) is 137 cm³/mol. The molecule has 7 atom stereocenters. The van der Waals surface area contributed by atoms with Gasteiger partial charge in [-0.05, 0) is 74.3 Å². The molecule has 3 aliphatic rings. The molecule has 0 unspecified atom stereocenters. The molecule has 0 spiro atoms. The second kappa shape index (κ2) is 9.72. The molecular formula is C29H37NO7. The smallest absolute Gasteiger partial charge is 0.315 e. The molecule has 1 heterocycles. The van der Waals surface area contributed by atoms with Gasteiger partial charge >= 0.3 is 11.9 Å². The Kier molecular flexibility index (Phi) is 7.12. The zero-order valence-corrected chi connectivity index (χ0v) is 22.2. The van der Waals surface area contributed by atoms with Gasteiger partial charge in [-0.2, -0.15) is 0 Å². The van der Waals surface area contributed by atoms with Crippen molar-refractivity contribution < 1.29 is 33.4 Å². The quantitative estimate of drug-likeness (QED) is 0.303. The van der Waals surface area contributed by atoms with Crippen molar-refractivity contribution in [3.63, 3.8) is 0 Å². The molecule has 200 valence electrons. The Labute approximate surface area is 217 Å². The number of ether oxygens (including phenoxy) is 2. The number of nitrogens with one attached hydrogen (secondary N) is 1. The monoisotopic (exact) mass is 511 g/mol. The van der Waals surface area contributed by atoms with Crippen LogP contribution in [-0.4, -0.2) is 55.2 Å². The van der Waals surface area contributed by atoms with E-state index in [0.717, 1.165) is 17.6 Å². The molecule has 8 nitrogen and oxygen atoms in total. The average Bonchev–Trinajstić information content (AvgIpc) is 3.52. The molecule has 0 saturated heterocycles. The number of aldehydes is 1. The van der Waals surface area contributed by atoms with Crippen LogP contribution in [0.2, 0.25) is 0 Å². The molecule has 1 aromatic rings. The fraction of sp³-hybridized carbons (Fsp3) is 0.552. The molecule has 0 bridgehead atoms. The van der Waals surface area contributed by atoms with Crippen LogP contribution in [-0.2, 0) is 23.9 Å². The third kappa shape index (κ3) is 4.10. The molecule has 4 rings (SSSR count). The molecule has 1 aromatic heterocycles. The molecule has 8 heteroatoms. The fourth-order valence-electron chi connectivity index (χ4n) is 7.40. The predicted octanol–water partition coefficient (Wildman–Crippen LogP) is 4.19. The summed E-state index contributed by atoms with van der Waals surface area (Å²) in [7, 11) is 3.07. The topological polar surface area (TPSA) is 115 Å². The van der Waals surface area contributed by atoms with Gasteiger partial charge in [0.1, 0.15) is 11.7 Å². The van der Waals surface area contributed by atoms with E-state index in [2.05, 4.69) is 24.9 Å². The van der Waals surface area contributed by atoms with Crippen molar-refractivity contribution in [2.24, 2.45) is 16.7 Å². The molecular weight excluding hydrogens is 474 g/mol. The number of rotatable bonds is 8. The lowest BCUT2D eigenvalue weighted by atomic mass is 9.42. The van der Waals surface area contributed by atoms with E-state index in [4.69, 9.17) is 13.9 Å². The van der Waals surface area contributed by atoms with Crippen LogP contribution in [0.15, 0.2) is 58.5 Å². The first-order valence-corrected chi connectivity index (χ1v) is 12.7. The third-order valence-electron chi connectivity index (χ3n) is 9.40. The number of methoxy groups -OCH3 is 1. The number of carbonyl (C=O) groups excluding carboxylic acids is 2. The van der Waals surface area contributed by atoms with Crippen molar-refractivity contribution in [3.05, 3.63) is 59.6 Å². The van der Waals surface area contributed by atoms with Gasteiger partial charge in [0.25, 0.3) is 0 Å². The van der Waals surface area contributed by atoms with Crippen molar-refractivity contribution in [3.8, 4) is 0 Å². The molecule has 0 amide bonds. The highest BCUT2D eigenvalue weighted by molar-refractivity contribution is 5.84. The minimum absolute atomic E-state index is 0.00807. The first-order chi connectivity index (χ1) is 17.5. The Hall–Kier alpha value is -2.97. The summed E-state index contributed by atoms with van der Waals surface area (Å²) < 4.78 is 17.0. The van der Waals surface area contributed by atoms with E-state index < -0.39 is 40.3 Å². The van der Waals surface area contributed by atoms with Crippen LogP contribution in [0, 0.1) is 16.7 Å². The number of hydrogen-bond donors (Lipinski definition) is 2. The van der Waals surface area contributed by atoms with Crippen LogP contribution >= 0.6 is 0 Å². The van der Waals surface area contributed by atoms with E-state index in [-0.39, 0.29) is 18.4 Å². The van der Waals surface area contributed by atoms with Crippen LogP contribution in [0.1, 0.15) is 57.9 Å². The number of allylic oxidation sites excluding steroid dienone is 2. The van der Waals surface area contributed by atoms with Crippen molar-refractivity contribution in [2.45, 2.75) is 70.1 Å². The Bertz CT molecular complexity index is 1150. The molecule has 2 N–H and O–H groups in total. The van der Waals surface area contributed by atoms with Gasteiger partial charge in [0, 0.05) is 11.5 Å². The van der Waals surface area contributed by atoms with Crippen LogP contribution in [0.4, 0.5) is 0 Å². The Morgan fingerprint density at radius 3 is 2.65 bits per heavy atom. The molecule has 1 saturated carbocycles. The number of carboxylic acid groups (broad SMARTS) is 1. The van der Waals surface area contributed by atoms with Gasteiger partial charge in [0.15, 0.2) is 0 Å². The molecule has 0 aliphatic heterocycles. The van der Waals surface area contributed by atoms with E-state index in [1.54, 1.807) is 32.6 Å². The summed E-state index contributed by atoms with van der Waals surface area (Å²) in [6.07, 6.45) is 8.42. The van der Waals surface area contributed by atoms with Crippen LogP contribution in [0.3, 0.4) is 0 Å². The standard InChI is InChI=1S/C29H37NO7/c1-17-9-21(10-22(17)20-7-8-36-16-20)37-24-14-29(30-5)27(3,23(18(24)2)11-25(32)35-6)12-19(15-31)13-28(29,4)26(33)34/h7-9,13,15-16,21-24,30H,2,10-12,14H2,1,3-6H3,(H,33,34)/t21-,22+,23-,24+,27+,28-,29-/m0/s1. The summed E-state index contributed by atoms with van der Waals surface area (Å²) >= 11 is 0. The van der Waals surface area contributed by atoms with E-state index in [1.165, 1.54) is 12.7 Å². The lowest BCUT2D eigenvalue weighted by molar-refractivity contribution is -0.167. The first kappa shape index (κ1) is 27.1. The largest absolute Gasteiger partial charge is 0.481 e. The van der Waals surface area contributed by atoms with Crippen molar-refractivity contribution in [1.82, 2.24) is 5.32 Å². The van der Waals surface area contributed by atoms with Crippen LogP contribution in [0.5, 0.6) is 0 Å². The van der Waals surface area contributed by atoms with E-state index in [1.807, 2.05) is 13.0 Å². The number of carbonyl (C=O) groups is 3. The van der Waals surface area contributed by atoms with E-state index in [9.17, 15) is 19.5 Å². The minimum Gasteiger partial charge on any atom is -0.481 e. The molecule has 0 aromatic carbocycles. The summed E-state index contributed by atoms with van der Waals surface area (Å²) in [4.78, 5) is 37.4. The number of carboxylic acids is 1. The normalized spacial score (nSPS) is 37.4. The lowest BCUT2D eigenvalue weighted by Gasteiger charge is -2.65. The van der Waals surface area contributed by atoms with Gasteiger partial charge in [-0.3, -0.25) is 14.4 Å². The van der Waals surface area contributed by atoms with Crippen molar-refractivity contribution in [2.75, 3.05) is 14.2 Å². The highest BCUT2D eigenvalue weighted by Gasteiger charge is 2.69. The van der Waals surface area contributed by atoms with Gasteiger partial charge in [-0.1, -0.05) is 31.2 Å². The summed E-state index contributed by atoms with van der Waals surface area (Å²) in [5.74, 6) is -1.78. The van der Waals surface area contributed by atoms with Gasteiger partial charge in [0.2, 0.25) is 0 Å². The van der Waals surface area contributed by atoms with E-state index >= 15 is 0 Å². The fourth-order valence-corrected chi connectivity index (χ4v) is 7.40. The number of hydrogen-bond acceptors (Lipinski definition) is 7. The Morgan fingerprint density at radius 1 is 1.35 bits per heavy atom. The van der Waals surface area contributed by atoms with Crippen LogP contribution < -0.4 is 5.32 Å². The molecule has 37 heavy (non-hydrogen) atoms. The van der Waals surface area contributed by atoms with Crippen LogP contribution in [0.25, 0.3) is 0 Å². The zero-order chi connectivity index (χ0) is 27.2. The number of aliphatic carboxylic acids is 1. The minimum atomic E-state index is -1.44. The summed E-state index contributed by atoms with van der Waals surface area (Å²) in [6.45, 7) is 10.0. The number of furan rings is 1. The second-order valence-corrected chi connectivity index (χ2v) is 11.1. The SMILES string of the molecule is C=C1[C@H](O[C@H]2C=C(C)[C@H](c3ccoc3)C2)C[C@@]2(NC)[C@](C)(C(=O)O)C=C(C=O)C[C@]2(C)[C@H]1CC(=O)OC. The Morgan fingerprint density at radius 2 is 2.08 bits per heavy atom. The second-order valence-electron chi connectivity index (χ2n) is 11.1. The average molecular weight is 512 g/mol. The summed E-state index contributed by atoms with van der Waals surface area (Å²) in [5, 5.41) is 13.9. The van der Waals surface area contributed by atoms with E-state index in [0.29, 0.717) is 24.7 Å². The molecule has 0 radical (unpaired) electrons. The van der Waals surface area contributed by atoms with Crippen molar-refractivity contribution >= 4 is 18.2 Å². The maximum absolute atomic E-state index is 12.9. The maximum atomic E-state index is 12.9.